The summed E-state index contributed by atoms with van der Waals surface area (Å²) in [5.74, 6) is -0.123. The third-order valence-corrected chi connectivity index (χ3v) is 2.94. The zero-order chi connectivity index (χ0) is 13.3. The highest BCUT2D eigenvalue weighted by Crippen LogP contribution is 2.21. The topological polar surface area (TPSA) is 45.8 Å². The lowest BCUT2D eigenvalue weighted by molar-refractivity contribution is 0.628. The summed E-state index contributed by atoms with van der Waals surface area (Å²) in [6.45, 7) is 3.63. The van der Waals surface area contributed by atoms with E-state index in [1.165, 1.54) is 12.1 Å². The second-order valence-corrected chi connectivity index (χ2v) is 4.43. The highest BCUT2D eigenvalue weighted by molar-refractivity contribution is 6.30. The van der Waals surface area contributed by atoms with Crippen LogP contribution >= 0.6 is 11.6 Å². The monoisotopic (exact) mass is 266 g/mol. The number of hydrogen-bond donors (Lipinski definition) is 1. The van der Waals surface area contributed by atoms with Crippen LogP contribution in [0.15, 0.2) is 23.0 Å². The van der Waals surface area contributed by atoms with Gasteiger partial charge in [0.15, 0.2) is 0 Å². The van der Waals surface area contributed by atoms with Gasteiger partial charge in [0.2, 0.25) is 0 Å². The molecule has 0 radical (unpaired) electrons. The van der Waals surface area contributed by atoms with Gasteiger partial charge in [-0.25, -0.2) is 9.37 Å². The van der Waals surface area contributed by atoms with Gasteiger partial charge in [-0.3, -0.25) is 4.79 Å². The zero-order valence-corrected chi connectivity index (χ0v) is 10.8. The first-order valence-electron chi connectivity index (χ1n) is 5.57. The number of aromatic nitrogens is 2. The maximum atomic E-state index is 13.3. The normalized spacial score (nSPS) is 10.7. The molecule has 1 aromatic carbocycles. The summed E-state index contributed by atoms with van der Waals surface area (Å²) in [6, 6.07) is 4.06. The molecule has 1 heterocycles. The molecular formula is C13H12ClFN2O. The van der Waals surface area contributed by atoms with Crippen LogP contribution in [0.4, 0.5) is 4.39 Å². The molecule has 2 aromatic rings. The number of nitrogens with one attached hydrogen (secondary N) is 1. The molecule has 1 aromatic heterocycles. The van der Waals surface area contributed by atoms with Gasteiger partial charge in [-0.2, -0.15) is 0 Å². The van der Waals surface area contributed by atoms with Crippen molar-refractivity contribution in [2.24, 2.45) is 0 Å². The molecule has 18 heavy (non-hydrogen) atoms. The van der Waals surface area contributed by atoms with Crippen molar-refractivity contribution in [2.45, 2.75) is 20.3 Å². The van der Waals surface area contributed by atoms with Crippen molar-refractivity contribution in [3.8, 4) is 11.4 Å². The van der Waals surface area contributed by atoms with E-state index in [1.54, 1.807) is 13.0 Å². The zero-order valence-electron chi connectivity index (χ0n) is 10.1. The van der Waals surface area contributed by atoms with Gasteiger partial charge in [0.25, 0.3) is 5.56 Å². The van der Waals surface area contributed by atoms with Crippen LogP contribution in [0, 0.1) is 12.7 Å². The van der Waals surface area contributed by atoms with Gasteiger partial charge in [0.1, 0.15) is 11.6 Å². The fourth-order valence-corrected chi connectivity index (χ4v) is 1.97. The molecule has 0 spiro atoms. The number of benzene rings is 1. The van der Waals surface area contributed by atoms with Crippen molar-refractivity contribution >= 4 is 11.6 Å². The molecule has 3 nitrogen and oxygen atoms in total. The maximum Gasteiger partial charge on any atom is 0.254 e. The third-order valence-electron chi connectivity index (χ3n) is 2.72. The third kappa shape index (κ3) is 2.43. The van der Waals surface area contributed by atoms with Gasteiger partial charge in [-0.15, -0.1) is 0 Å². The highest BCUT2D eigenvalue weighted by Gasteiger charge is 2.09. The minimum atomic E-state index is -0.459. The van der Waals surface area contributed by atoms with Crippen LogP contribution in [0.5, 0.6) is 0 Å². The first-order valence-corrected chi connectivity index (χ1v) is 5.95. The summed E-state index contributed by atoms with van der Waals surface area (Å²) in [4.78, 5) is 18.7. The Labute approximate surface area is 109 Å². The summed E-state index contributed by atoms with van der Waals surface area (Å²) in [5.41, 5.74) is 1.54. The van der Waals surface area contributed by atoms with Crippen LogP contribution in [0.1, 0.15) is 18.2 Å². The maximum absolute atomic E-state index is 13.3. The molecule has 0 bridgehead atoms. The Bertz CT molecular complexity index is 632. The molecule has 1 N–H and O–H groups in total. The van der Waals surface area contributed by atoms with E-state index in [2.05, 4.69) is 9.97 Å². The van der Waals surface area contributed by atoms with Crippen LogP contribution < -0.4 is 5.56 Å². The molecular weight excluding hydrogens is 255 g/mol. The number of hydrogen-bond acceptors (Lipinski definition) is 2. The van der Waals surface area contributed by atoms with E-state index in [0.717, 1.165) is 0 Å². The van der Waals surface area contributed by atoms with Crippen LogP contribution in [0.3, 0.4) is 0 Å². The second kappa shape index (κ2) is 4.90. The molecule has 0 aliphatic rings. The molecule has 0 amide bonds. The van der Waals surface area contributed by atoms with Crippen molar-refractivity contribution in [1.82, 2.24) is 9.97 Å². The lowest BCUT2D eigenvalue weighted by atomic mass is 10.1. The molecule has 2 rings (SSSR count). The van der Waals surface area contributed by atoms with E-state index in [1.807, 2.05) is 6.92 Å². The lowest BCUT2D eigenvalue weighted by Gasteiger charge is -2.06. The summed E-state index contributed by atoms with van der Waals surface area (Å²) in [6.07, 6.45) is 0.645. The molecule has 0 aliphatic heterocycles. The summed E-state index contributed by atoms with van der Waals surface area (Å²) in [7, 11) is 0. The minimum absolute atomic E-state index is 0.211. The Balaban J connectivity index is 2.64. The predicted octanol–water partition coefficient (Wildman–Crippen LogP) is 3.10. The second-order valence-electron chi connectivity index (χ2n) is 4.00. The van der Waals surface area contributed by atoms with Crippen LogP contribution in [-0.4, -0.2) is 9.97 Å². The number of aromatic amines is 1. The van der Waals surface area contributed by atoms with Crippen molar-refractivity contribution in [2.75, 3.05) is 0 Å². The molecule has 5 heteroatoms. The van der Waals surface area contributed by atoms with E-state index in [0.29, 0.717) is 29.1 Å². The fraction of sp³-hybridized carbons (Fsp3) is 0.231. The predicted molar refractivity (Wildman–Crippen MR) is 69.4 cm³/mol. The molecule has 0 atom stereocenters. The molecule has 94 valence electrons. The van der Waals surface area contributed by atoms with E-state index >= 15 is 0 Å². The molecule has 0 fully saturated rings. The quantitative estimate of drug-likeness (QED) is 0.908. The first kappa shape index (κ1) is 12.8. The Morgan fingerprint density at radius 2 is 2.11 bits per heavy atom. The number of rotatable bonds is 2. The van der Waals surface area contributed by atoms with Gasteiger partial charge in [-0.1, -0.05) is 18.5 Å². The molecule has 0 saturated heterocycles. The van der Waals surface area contributed by atoms with Gasteiger partial charge in [-0.05, 0) is 31.5 Å². The van der Waals surface area contributed by atoms with Crippen molar-refractivity contribution in [1.29, 1.82) is 0 Å². The lowest BCUT2D eigenvalue weighted by Crippen LogP contribution is -2.15. The summed E-state index contributed by atoms with van der Waals surface area (Å²) < 4.78 is 13.3. The summed E-state index contributed by atoms with van der Waals surface area (Å²) in [5, 5.41) is 0.270. The van der Waals surface area contributed by atoms with E-state index in [4.69, 9.17) is 11.6 Å². The number of aryl methyl sites for hydroxylation is 1. The van der Waals surface area contributed by atoms with Crippen LogP contribution in [0.2, 0.25) is 5.02 Å². The highest BCUT2D eigenvalue weighted by atomic mass is 35.5. The van der Waals surface area contributed by atoms with Gasteiger partial charge >= 0.3 is 0 Å². The minimum Gasteiger partial charge on any atom is -0.306 e. The van der Waals surface area contributed by atoms with E-state index in [-0.39, 0.29) is 10.6 Å². The Kier molecular flexibility index (Phi) is 3.48. The van der Waals surface area contributed by atoms with Gasteiger partial charge < -0.3 is 4.98 Å². The van der Waals surface area contributed by atoms with Crippen molar-refractivity contribution in [3.63, 3.8) is 0 Å². The molecule has 0 aliphatic carbocycles. The van der Waals surface area contributed by atoms with Crippen molar-refractivity contribution < 1.29 is 4.39 Å². The Morgan fingerprint density at radius 1 is 1.39 bits per heavy atom. The number of halogens is 2. The summed E-state index contributed by atoms with van der Waals surface area (Å²) >= 11 is 5.78. The van der Waals surface area contributed by atoms with Gasteiger partial charge in [0.05, 0.1) is 5.69 Å². The average molecular weight is 267 g/mol. The number of nitrogens with zero attached hydrogens (tertiary/aromatic N) is 1. The Morgan fingerprint density at radius 3 is 2.72 bits per heavy atom. The smallest absolute Gasteiger partial charge is 0.254 e. The SMILES string of the molecule is CCc1nc(-c2cc(F)cc(Cl)c2)[nH]c(=O)c1C. The van der Waals surface area contributed by atoms with E-state index < -0.39 is 5.82 Å². The number of H-pyrrole nitrogens is 1. The van der Waals surface area contributed by atoms with Crippen LogP contribution in [0.25, 0.3) is 11.4 Å². The molecule has 0 unspecified atom stereocenters. The van der Waals surface area contributed by atoms with Crippen LogP contribution in [-0.2, 0) is 6.42 Å². The largest absolute Gasteiger partial charge is 0.306 e. The molecule has 0 saturated carbocycles. The van der Waals surface area contributed by atoms with Crippen molar-refractivity contribution in [3.05, 3.63) is 50.7 Å². The van der Waals surface area contributed by atoms with Gasteiger partial charge in [0, 0.05) is 16.1 Å². The Hall–Kier alpha value is -1.68. The van der Waals surface area contributed by atoms with E-state index in [9.17, 15) is 9.18 Å². The average Bonchev–Trinajstić information content (AvgIpc) is 2.31. The standard InChI is InChI=1S/C13H12ClFN2O/c1-3-11-7(2)13(18)17-12(16-11)8-4-9(14)6-10(15)5-8/h4-6H,3H2,1-2H3,(H,16,17,18). The first-order chi connectivity index (χ1) is 8.51. The fourth-order valence-electron chi connectivity index (χ4n) is 1.75.